The predicted molar refractivity (Wildman–Crippen MR) is 103 cm³/mol. The lowest BCUT2D eigenvalue weighted by Crippen LogP contribution is -2.58. The zero-order valence-electron chi connectivity index (χ0n) is 15.7. The van der Waals surface area contributed by atoms with Gasteiger partial charge in [0.05, 0.1) is 12.3 Å². The van der Waals surface area contributed by atoms with E-state index in [0.29, 0.717) is 19.6 Å². The minimum atomic E-state index is -3.47. The SMILES string of the molecule is CC(C)(NS(C)(=O)=O)C(=O)N1CCCC(CNC(=O)C2CCCN2)C1.Cl. The van der Waals surface area contributed by atoms with Gasteiger partial charge in [-0.1, -0.05) is 0 Å². The molecule has 2 saturated heterocycles. The number of likely N-dealkylation sites (tertiary alicyclic amines) is 1. The van der Waals surface area contributed by atoms with Crippen molar-refractivity contribution >= 4 is 34.2 Å². The Balaban J connectivity index is 0.00000338. The van der Waals surface area contributed by atoms with Crippen LogP contribution in [0.1, 0.15) is 39.5 Å². The number of halogens is 1. The van der Waals surface area contributed by atoms with Crippen LogP contribution in [0, 0.1) is 5.92 Å². The molecule has 0 aromatic rings. The van der Waals surface area contributed by atoms with Gasteiger partial charge >= 0.3 is 0 Å². The summed E-state index contributed by atoms with van der Waals surface area (Å²) in [6.07, 6.45) is 4.73. The van der Waals surface area contributed by atoms with Crippen LogP contribution in [0.25, 0.3) is 0 Å². The summed E-state index contributed by atoms with van der Waals surface area (Å²) in [5.41, 5.74) is -1.17. The predicted octanol–water partition coefficient (Wildman–Crippen LogP) is -0.157. The van der Waals surface area contributed by atoms with Crippen molar-refractivity contribution in [2.45, 2.75) is 51.1 Å². The van der Waals surface area contributed by atoms with Gasteiger partial charge in [0, 0.05) is 19.6 Å². The zero-order chi connectivity index (χ0) is 18.7. The van der Waals surface area contributed by atoms with Gasteiger partial charge in [-0.05, 0) is 52.0 Å². The summed E-state index contributed by atoms with van der Waals surface area (Å²) in [6, 6.07) is -0.0979. The molecule has 2 fully saturated rings. The number of carbonyl (C=O) groups excluding carboxylic acids is 2. The number of amides is 2. The molecule has 2 unspecified atom stereocenters. The number of hydrogen-bond donors (Lipinski definition) is 3. The van der Waals surface area contributed by atoms with Gasteiger partial charge in [-0.15, -0.1) is 12.4 Å². The fourth-order valence-electron chi connectivity index (χ4n) is 3.60. The third-order valence-corrected chi connectivity index (χ3v) is 5.60. The Hall–Kier alpha value is -0.900. The molecule has 2 aliphatic heterocycles. The number of hydrogen-bond acceptors (Lipinski definition) is 5. The molecule has 0 aliphatic carbocycles. The standard InChI is InChI=1S/C16H30N4O4S.ClH/c1-16(2,19-25(3,23)24)15(22)20-9-5-6-12(11-20)10-18-14(21)13-7-4-8-17-13;/h12-13,17,19H,4-11H2,1-3H3,(H,18,21);1H. The molecule has 0 aromatic heterocycles. The first kappa shape index (κ1) is 23.1. The molecule has 152 valence electrons. The van der Waals surface area contributed by atoms with Crippen molar-refractivity contribution < 1.29 is 18.0 Å². The molecule has 2 aliphatic rings. The highest BCUT2D eigenvalue weighted by Crippen LogP contribution is 2.20. The first-order valence-electron chi connectivity index (χ1n) is 8.88. The van der Waals surface area contributed by atoms with E-state index < -0.39 is 15.6 Å². The molecule has 0 spiro atoms. The molecule has 3 N–H and O–H groups in total. The highest BCUT2D eigenvalue weighted by Gasteiger charge is 2.36. The Morgan fingerprint density at radius 3 is 2.50 bits per heavy atom. The van der Waals surface area contributed by atoms with Crippen LogP contribution < -0.4 is 15.4 Å². The minimum absolute atomic E-state index is 0. The Labute approximate surface area is 162 Å². The number of sulfonamides is 1. The maximum Gasteiger partial charge on any atom is 0.243 e. The van der Waals surface area contributed by atoms with Gasteiger partial charge in [0.1, 0.15) is 5.54 Å². The topological polar surface area (TPSA) is 108 Å². The van der Waals surface area contributed by atoms with E-state index in [1.54, 1.807) is 18.7 Å². The Bertz CT molecular complexity index is 605. The molecular weight excluding hydrogens is 380 g/mol. The molecule has 2 heterocycles. The van der Waals surface area contributed by atoms with Gasteiger partial charge in [-0.3, -0.25) is 9.59 Å². The summed E-state index contributed by atoms with van der Waals surface area (Å²) in [7, 11) is -3.47. The molecule has 10 heteroatoms. The second-order valence-corrected chi connectivity index (χ2v) is 9.40. The van der Waals surface area contributed by atoms with Crippen LogP contribution in [0.15, 0.2) is 0 Å². The molecule has 8 nitrogen and oxygen atoms in total. The molecule has 0 radical (unpaired) electrons. The van der Waals surface area contributed by atoms with E-state index in [-0.39, 0.29) is 36.2 Å². The van der Waals surface area contributed by atoms with Crippen molar-refractivity contribution in [3.8, 4) is 0 Å². The monoisotopic (exact) mass is 410 g/mol. The van der Waals surface area contributed by atoms with E-state index in [4.69, 9.17) is 0 Å². The number of piperidine rings is 1. The molecule has 0 aromatic carbocycles. The third kappa shape index (κ3) is 6.68. The Morgan fingerprint density at radius 2 is 1.92 bits per heavy atom. The van der Waals surface area contributed by atoms with Crippen LogP contribution in [-0.2, 0) is 19.6 Å². The second kappa shape index (κ2) is 9.34. The summed E-state index contributed by atoms with van der Waals surface area (Å²) in [5.74, 6) is -0.0106. The summed E-state index contributed by atoms with van der Waals surface area (Å²) in [4.78, 5) is 26.5. The first-order chi connectivity index (χ1) is 11.6. The third-order valence-electron chi connectivity index (χ3n) is 4.72. The van der Waals surface area contributed by atoms with E-state index in [1.165, 1.54) is 0 Å². The van der Waals surface area contributed by atoms with Crippen molar-refractivity contribution in [1.29, 1.82) is 0 Å². The average molecular weight is 411 g/mol. The van der Waals surface area contributed by atoms with Gasteiger partial charge in [0.15, 0.2) is 0 Å². The molecule has 2 amide bonds. The fourth-order valence-corrected chi connectivity index (χ4v) is 4.61. The van der Waals surface area contributed by atoms with Crippen molar-refractivity contribution in [3.63, 3.8) is 0 Å². The van der Waals surface area contributed by atoms with Crippen LogP contribution in [0.5, 0.6) is 0 Å². The lowest BCUT2D eigenvalue weighted by atomic mass is 9.95. The second-order valence-electron chi connectivity index (χ2n) is 7.65. The van der Waals surface area contributed by atoms with E-state index >= 15 is 0 Å². The van der Waals surface area contributed by atoms with Crippen molar-refractivity contribution in [1.82, 2.24) is 20.3 Å². The van der Waals surface area contributed by atoms with E-state index in [2.05, 4.69) is 15.4 Å². The first-order valence-corrected chi connectivity index (χ1v) is 10.8. The summed E-state index contributed by atoms with van der Waals surface area (Å²) < 4.78 is 25.3. The fraction of sp³-hybridized carbons (Fsp3) is 0.875. The smallest absolute Gasteiger partial charge is 0.243 e. The lowest BCUT2D eigenvalue weighted by molar-refractivity contribution is -0.138. The summed E-state index contributed by atoms with van der Waals surface area (Å²) in [6.45, 7) is 5.72. The highest BCUT2D eigenvalue weighted by atomic mass is 35.5. The molecule has 2 atom stereocenters. The summed E-state index contributed by atoms with van der Waals surface area (Å²) in [5, 5.41) is 6.15. The zero-order valence-corrected chi connectivity index (χ0v) is 17.3. The van der Waals surface area contributed by atoms with E-state index in [0.717, 1.165) is 38.5 Å². The number of rotatable bonds is 6. The molecule has 0 saturated carbocycles. The van der Waals surface area contributed by atoms with Gasteiger partial charge in [0.25, 0.3) is 0 Å². The number of nitrogens with one attached hydrogen (secondary N) is 3. The maximum absolute atomic E-state index is 12.7. The number of carbonyl (C=O) groups is 2. The van der Waals surface area contributed by atoms with Crippen LogP contribution >= 0.6 is 12.4 Å². The lowest BCUT2D eigenvalue weighted by Gasteiger charge is -2.37. The molecule has 26 heavy (non-hydrogen) atoms. The van der Waals surface area contributed by atoms with Crippen LogP contribution in [0.4, 0.5) is 0 Å². The molecular formula is C16H31ClN4O4S. The highest BCUT2D eigenvalue weighted by molar-refractivity contribution is 7.88. The van der Waals surface area contributed by atoms with Crippen molar-refractivity contribution in [2.75, 3.05) is 32.4 Å². The van der Waals surface area contributed by atoms with E-state index in [1.807, 2.05) is 0 Å². The number of nitrogens with zero attached hydrogens (tertiary/aromatic N) is 1. The van der Waals surface area contributed by atoms with Gasteiger partial charge in [-0.2, -0.15) is 0 Å². The average Bonchev–Trinajstić information content (AvgIpc) is 3.04. The maximum atomic E-state index is 12.7. The van der Waals surface area contributed by atoms with Crippen LogP contribution in [0.2, 0.25) is 0 Å². The summed E-state index contributed by atoms with van der Waals surface area (Å²) >= 11 is 0. The normalized spacial score (nSPS) is 24.0. The van der Waals surface area contributed by atoms with Gasteiger partial charge < -0.3 is 15.5 Å². The Morgan fingerprint density at radius 1 is 1.23 bits per heavy atom. The van der Waals surface area contributed by atoms with Crippen molar-refractivity contribution in [2.24, 2.45) is 5.92 Å². The largest absolute Gasteiger partial charge is 0.354 e. The van der Waals surface area contributed by atoms with Gasteiger partial charge in [-0.25, -0.2) is 13.1 Å². The molecule has 2 rings (SSSR count). The van der Waals surface area contributed by atoms with Gasteiger partial charge in [0.2, 0.25) is 21.8 Å². The van der Waals surface area contributed by atoms with E-state index in [9.17, 15) is 18.0 Å². The Kier molecular flexibility index (Phi) is 8.32. The van der Waals surface area contributed by atoms with Crippen LogP contribution in [0.3, 0.4) is 0 Å². The molecule has 0 bridgehead atoms. The minimum Gasteiger partial charge on any atom is -0.354 e. The quantitative estimate of drug-likeness (QED) is 0.564. The van der Waals surface area contributed by atoms with Crippen molar-refractivity contribution in [3.05, 3.63) is 0 Å². The van der Waals surface area contributed by atoms with Crippen LogP contribution in [-0.4, -0.2) is 69.1 Å².